The third-order valence-corrected chi connectivity index (χ3v) is 3.21. The Bertz CT molecular complexity index is 477. The number of unbranched alkanes of at least 4 members (excludes halogenated alkanes) is 1. The van der Waals surface area contributed by atoms with Gasteiger partial charge in [0.15, 0.2) is 5.82 Å². The van der Waals surface area contributed by atoms with Gasteiger partial charge in [-0.15, -0.1) is 0 Å². The highest BCUT2D eigenvalue weighted by Crippen LogP contribution is 2.17. The number of aromatic nitrogens is 3. The fourth-order valence-electron chi connectivity index (χ4n) is 2.25. The van der Waals surface area contributed by atoms with Crippen molar-refractivity contribution < 1.29 is 0 Å². The Balaban J connectivity index is 2.12. The summed E-state index contributed by atoms with van der Waals surface area (Å²) in [6.45, 7) is 4.46. The molecule has 2 rings (SSSR count). The summed E-state index contributed by atoms with van der Waals surface area (Å²) < 4.78 is 1.86. The number of rotatable bonds is 7. The Morgan fingerprint density at radius 1 is 1.22 bits per heavy atom. The molecule has 18 heavy (non-hydrogen) atoms. The van der Waals surface area contributed by atoms with Gasteiger partial charge in [-0.1, -0.05) is 33.1 Å². The molecule has 1 unspecified atom stereocenters. The molecule has 98 valence electrons. The molecule has 2 aromatic rings. The molecule has 1 N–H and O–H groups in total. The molecule has 0 aliphatic heterocycles. The maximum Gasteiger partial charge on any atom is 0.152 e. The third-order valence-electron chi connectivity index (χ3n) is 3.21. The van der Waals surface area contributed by atoms with Crippen molar-refractivity contribution in [2.75, 3.05) is 5.32 Å². The quantitative estimate of drug-likeness (QED) is 0.813. The van der Waals surface area contributed by atoms with Gasteiger partial charge in [0, 0.05) is 18.4 Å². The van der Waals surface area contributed by atoms with E-state index in [4.69, 9.17) is 0 Å². The van der Waals surface area contributed by atoms with Gasteiger partial charge in [-0.3, -0.25) is 0 Å². The summed E-state index contributed by atoms with van der Waals surface area (Å²) in [6.07, 6.45) is 11.6. The minimum absolute atomic E-state index is 0.517. The molecule has 2 aromatic heterocycles. The van der Waals surface area contributed by atoms with E-state index >= 15 is 0 Å². The second kappa shape index (κ2) is 6.38. The summed E-state index contributed by atoms with van der Waals surface area (Å²) in [5, 5.41) is 7.80. The first-order valence-electron chi connectivity index (χ1n) is 6.90. The summed E-state index contributed by atoms with van der Waals surface area (Å²) in [7, 11) is 0. The fraction of sp³-hybridized carbons (Fsp3) is 0.571. The van der Waals surface area contributed by atoms with Crippen LogP contribution in [-0.4, -0.2) is 20.6 Å². The van der Waals surface area contributed by atoms with Gasteiger partial charge in [0.1, 0.15) is 5.52 Å². The summed E-state index contributed by atoms with van der Waals surface area (Å²) in [4.78, 5) is 4.44. The first kappa shape index (κ1) is 12.9. The lowest BCUT2D eigenvalue weighted by atomic mass is 10.1. The van der Waals surface area contributed by atoms with Crippen molar-refractivity contribution in [3.05, 3.63) is 24.7 Å². The number of hydrogen-bond donors (Lipinski definition) is 1. The topological polar surface area (TPSA) is 42.2 Å². The molecule has 4 heteroatoms. The Hall–Kier alpha value is -1.58. The molecule has 0 saturated heterocycles. The van der Waals surface area contributed by atoms with Crippen molar-refractivity contribution in [2.45, 2.75) is 52.0 Å². The van der Waals surface area contributed by atoms with Crippen LogP contribution in [0.3, 0.4) is 0 Å². The molecule has 4 nitrogen and oxygen atoms in total. The highest BCUT2D eigenvalue weighted by atomic mass is 15.2. The molecule has 0 aliphatic carbocycles. The second-order valence-electron chi connectivity index (χ2n) is 4.71. The van der Waals surface area contributed by atoms with Crippen LogP contribution in [0.15, 0.2) is 24.7 Å². The monoisotopic (exact) mass is 246 g/mol. The van der Waals surface area contributed by atoms with Gasteiger partial charge in [-0.25, -0.2) is 9.50 Å². The molecule has 1 atom stereocenters. The Morgan fingerprint density at radius 2 is 2.11 bits per heavy atom. The van der Waals surface area contributed by atoms with E-state index in [9.17, 15) is 0 Å². The number of nitrogens with one attached hydrogen (secondary N) is 1. The van der Waals surface area contributed by atoms with Crippen molar-refractivity contribution in [3.8, 4) is 0 Å². The lowest BCUT2D eigenvalue weighted by Gasteiger charge is -2.18. The van der Waals surface area contributed by atoms with E-state index in [0.29, 0.717) is 6.04 Å². The minimum Gasteiger partial charge on any atom is -0.366 e. The normalized spacial score (nSPS) is 12.8. The van der Waals surface area contributed by atoms with Crippen molar-refractivity contribution >= 4 is 11.3 Å². The molecule has 0 amide bonds. The van der Waals surface area contributed by atoms with Gasteiger partial charge >= 0.3 is 0 Å². The highest BCUT2D eigenvalue weighted by molar-refractivity contribution is 5.67. The maximum absolute atomic E-state index is 4.44. The first-order valence-corrected chi connectivity index (χ1v) is 6.90. The predicted molar refractivity (Wildman–Crippen MR) is 74.8 cm³/mol. The van der Waals surface area contributed by atoms with Gasteiger partial charge in [-0.05, 0) is 18.9 Å². The molecule has 2 heterocycles. The Morgan fingerprint density at radius 3 is 2.89 bits per heavy atom. The fourth-order valence-corrected chi connectivity index (χ4v) is 2.25. The zero-order valence-corrected chi connectivity index (χ0v) is 11.3. The second-order valence-corrected chi connectivity index (χ2v) is 4.71. The largest absolute Gasteiger partial charge is 0.366 e. The van der Waals surface area contributed by atoms with Crippen LogP contribution < -0.4 is 5.32 Å². The van der Waals surface area contributed by atoms with Crippen LogP contribution >= 0.6 is 0 Å². The Labute approximate surface area is 108 Å². The molecule has 0 spiro atoms. The zero-order chi connectivity index (χ0) is 12.8. The van der Waals surface area contributed by atoms with Crippen molar-refractivity contribution in [1.29, 1.82) is 0 Å². The summed E-state index contributed by atoms with van der Waals surface area (Å²) in [6, 6.07) is 2.52. The molecule has 0 saturated carbocycles. The summed E-state index contributed by atoms with van der Waals surface area (Å²) in [5.41, 5.74) is 1.05. The van der Waals surface area contributed by atoms with E-state index < -0.39 is 0 Å². The first-order chi connectivity index (χ1) is 8.85. The van der Waals surface area contributed by atoms with Gasteiger partial charge in [0.25, 0.3) is 0 Å². The van der Waals surface area contributed by atoms with E-state index in [1.54, 1.807) is 6.20 Å². The van der Waals surface area contributed by atoms with E-state index in [-0.39, 0.29) is 0 Å². The SMILES string of the molecule is CCCCC(CCC)Nc1nccn2nccc12. The van der Waals surface area contributed by atoms with Crippen molar-refractivity contribution in [3.63, 3.8) is 0 Å². The van der Waals surface area contributed by atoms with Crippen LogP contribution in [0.2, 0.25) is 0 Å². The van der Waals surface area contributed by atoms with Gasteiger partial charge in [0.2, 0.25) is 0 Å². The van der Waals surface area contributed by atoms with Crippen molar-refractivity contribution in [2.24, 2.45) is 0 Å². The molecule has 0 aliphatic rings. The van der Waals surface area contributed by atoms with E-state index in [1.165, 1.54) is 32.1 Å². The van der Waals surface area contributed by atoms with Crippen LogP contribution in [0.4, 0.5) is 5.82 Å². The van der Waals surface area contributed by atoms with E-state index in [1.807, 2.05) is 23.0 Å². The van der Waals surface area contributed by atoms with Gasteiger partial charge in [0.05, 0.1) is 6.20 Å². The lowest BCUT2D eigenvalue weighted by molar-refractivity contribution is 0.563. The van der Waals surface area contributed by atoms with Crippen LogP contribution in [-0.2, 0) is 0 Å². The Kier molecular flexibility index (Phi) is 4.56. The molecule has 0 radical (unpaired) electrons. The molecular formula is C14H22N4. The average Bonchev–Trinajstić information content (AvgIpc) is 2.85. The standard InChI is InChI=1S/C14H22N4/c1-3-5-7-12(6-4-2)17-14-13-8-9-16-18(13)11-10-15-14/h8-12H,3-7H2,1-2H3,(H,15,17). The molecule has 0 aromatic carbocycles. The van der Waals surface area contributed by atoms with Gasteiger partial charge < -0.3 is 5.32 Å². The molecular weight excluding hydrogens is 224 g/mol. The van der Waals surface area contributed by atoms with Crippen LogP contribution in [0.25, 0.3) is 5.52 Å². The molecule has 0 bridgehead atoms. The highest BCUT2D eigenvalue weighted by Gasteiger charge is 2.10. The molecule has 0 fully saturated rings. The summed E-state index contributed by atoms with van der Waals surface area (Å²) >= 11 is 0. The van der Waals surface area contributed by atoms with Crippen LogP contribution in [0.1, 0.15) is 46.0 Å². The van der Waals surface area contributed by atoms with Crippen LogP contribution in [0, 0.1) is 0 Å². The number of anilines is 1. The van der Waals surface area contributed by atoms with Gasteiger partial charge in [-0.2, -0.15) is 5.10 Å². The number of nitrogens with zero attached hydrogens (tertiary/aromatic N) is 3. The number of hydrogen-bond acceptors (Lipinski definition) is 3. The van der Waals surface area contributed by atoms with Crippen LogP contribution in [0.5, 0.6) is 0 Å². The van der Waals surface area contributed by atoms with E-state index in [0.717, 1.165) is 11.3 Å². The van der Waals surface area contributed by atoms with E-state index in [2.05, 4.69) is 29.2 Å². The minimum atomic E-state index is 0.517. The lowest BCUT2D eigenvalue weighted by Crippen LogP contribution is -2.20. The zero-order valence-electron chi connectivity index (χ0n) is 11.3. The van der Waals surface area contributed by atoms with Crippen molar-refractivity contribution in [1.82, 2.24) is 14.6 Å². The third kappa shape index (κ3) is 3.00. The number of fused-ring (bicyclic) bond motifs is 1. The predicted octanol–water partition coefficient (Wildman–Crippen LogP) is 3.50. The smallest absolute Gasteiger partial charge is 0.152 e. The summed E-state index contributed by atoms with van der Waals surface area (Å²) in [5.74, 6) is 0.949. The average molecular weight is 246 g/mol. The maximum atomic E-state index is 4.44.